The van der Waals surface area contributed by atoms with Gasteiger partial charge in [0.2, 0.25) is 0 Å². The predicted octanol–water partition coefficient (Wildman–Crippen LogP) is 2.89. The standard InChI is InChI=1S/C15H28N4O/c1-7-8-10-11(16)12(19-18-10)13(20)17-15(5,6)9-14(2,3)4/h7-9,16H2,1-6H3,(H,17,20)(H,18,19). The summed E-state index contributed by atoms with van der Waals surface area (Å²) in [7, 11) is 0. The molecule has 0 radical (unpaired) electrons. The van der Waals surface area contributed by atoms with Gasteiger partial charge in [-0.15, -0.1) is 0 Å². The molecule has 0 fully saturated rings. The van der Waals surface area contributed by atoms with Gasteiger partial charge in [-0.05, 0) is 32.1 Å². The van der Waals surface area contributed by atoms with Crippen molar-refractivity contribution in [3.05, 3.63) is 11.4 Å². The highest BCUT2D eigenvalue weighted by Gasteiger charge is 2.29. The number of nitrogens with two attached hydrogens (primary N) is 1. The molecule has 1 rings (SSSR count). The molecule has 0 aromatic carbocycles. The first kappa shape index (κ1) is 16.5. The molecule has 0 unspecified atom stereocenters. The van der Waals surface area contributed by atoms with E-state index in [4.69, 9.17) is 5.73 Å². The minimum atomic E-state index is -0.300. The Morgan fingerprint density at radius 3 is 2.40 bits per heavy atom. The number of nitrogens with one attached hydrogen (secondary N) is 2. The van der Waals surface area contributed by atoms with Crippen LogP contribution in [0.3, 0.4) is 0 Å². The fourth-order valence-electron chi connectivity index (χ4n) is 2.74. The van der Waals surface area contributed by atoms with Crippen molar-refractivity contribution in [2.75, 3.05) is 5.73 Å². The second kappa shape index (κ2) is 5.85. The second-order valence-electron chi connectivity index (χ2n) is 7.29. The third-order valence-corrected chi connectivity index (χ3v) is 3.02. The lowest BCUT2D eigenvalue weighted by molar-refractivity contribution is 0.0887. The maximum absolute atomic E-state index is 12.3. The molecule has 0 spiro atoms. The number of nitrogen functional groups attached to an aromatic ring is 1. The Labute approximate surface area is 121 Å². The smallest absolute Gasteiger partial charge is 0.274 e. The molecule has 0 aliphatic heterocycles. The molecule has 0 saturated carbocycles. The fraction of sp³-hybridized carbons (Fsp3) is 0.733. The lowest BCUT2D eigenvalue weighted by atomic mass is 9.82. The van der Waals surface area contributed by atoms with Crippen molar-refractivity contribution in [1.29, 1.82) is 0 Å². The highest BCUT2D eigenvalue weighted by Crippen LogP contribution is 2.27. The summed E-state index contributed by atoms with van der Waals surface area (Å²) in [6.07, 6.45) is 2.64. The molecule has 114 valence electrons. The number of amides is 1. The normalized spacial score (nSPS) is 12.5. The number of aryl methyl sites for hydroxylation is 1. The number of carbonyl (C=O) groups excluding carboxylic acids is 1. The summed E-state index contributed by atoms with van der Waals surface area (Å²) in [5.41, 5.74) is 7.43. The van der Waals surface area contributed by atoms with Gasteiger partial charge in [0.15, 0.2) is 5.69 Å². The van der Waals surface area contributed by atoms with Gasteiger partial charge < -0.3 is 11.1 Å². The molecule has 20 heavy (non-hydrogen) atoms. The monoisotopic (exact) mass is 280 g/mol. The molecule has 0 saturated heterocycles. The number of carbonyl (C=O) groups is 1. The summed E-state index contributed by atoms with van der Waals surface area (Å²) in [6.45, 7) is 12.6. The molecule has 0 atom stereocenters. The molecule has 1 amide bonds. The van der Waals surface area contributed by atoms with Gasteiger partial charge in [-0.2, -0.15) is 5.10 Å². The molecular weight excluding hydrogens is 252 g/mol. The zero-order valence-electron chi connectivity index (χ0n) is 13.6. The van der Waals surface area contributed by atoms with Crippen LogP contribution in [0.5, 0.6) is 0 Å². The molecule has 0 bridgehead atoms. The van der Waals surface area contributed by atoms with Gasteiger partial charge in [0.25, 0.3) is 5.91 Å². The Bertz CT molecular complexity index is 469. The first-order valence-corrected chi connectivity index (χ1v) is 7.21. The molecule has 1 heterocycles. The van der Waals surface area contributed by atoms with Gasteiger partial charge in [0, 0.05) is 5.54 Å². The largest absolute Gasteiger partial charge is 0.395 e. The lowest BCUT2D eigenvalue weighted by Gasteiger charge is -2.33. The van der Waals surface area contributed by atoms with Gasteiger partial charge in [-0.3, -0.25) is 9.89 Å². The molecule has 4 N–H and O–H groups in total. The van der Waals surface area contributed by atoms with Gasteiger partial charge in [0.1, 0.15) is 0 Å². The van der Waals surface area contributed by atoms with E-state index in [1.54, 1.807) is 0 Å². The van der Waals surface area contributed by atoms with Crippen molar-refractivity contribution < 1.29 is 4.79 Å². The van der Waals surface area contributed by atoms with Crippen molar-refractivity contribution in [3.63, 3.8) is 0 Å². The zero-order valence-corrected chi connectivity index (χ0v) is 13.6. The average Bonchev–Trinajstić information content (AvgIpc) is 2.56. The van der Waals surface area contributed by atoms with Gasteiger partial charge in [0.05, 0.1) is 11.4 Å². The number of anilines is 1. The third kappa shape index (κ3) is 4.54. The van der Waals surface area contributed by atoms with E-state index in [9.17, 15) is 4.79 Å². The minimum Gasteiger partial charge on any atom is -0.395 e. The Hall–Kier alpha value is -1.52. The van der Waals surface area contributed by atoms with Gasteiger partial charge in [-0.25, -0.2) is 0 Å². The summed E-state index contributed by atoms with van der Waals surface area (Å²) < 4.78 is 0. The van der Waals surface area contributed by atoms with Crippen LogP contribution in [-0.4, -0.2) is 21.6 Å². The van der Waals surface area contributed by atoms with Gasteiger partial charge in [-0.1, -0.05) is 34.1 Å². The summed E-state index contributed by atoms with van der Waals surface area (Å²) in [5.74, 6) is -0.213. The first-order chi connectivity index (χ1) is 9.06. The Kier molecular flexibility index (Phi) is 4.84. The predicted molar refractivity (Wildman–Crippen MR) is 82.6 cm³/mol. The molecule has 1 aromatic rings. The number of hydrogen-bond donors (Lipinski definition) is 3. The number of hydrogen-bond acceptors (Lipinski definition) is 3. The number of rotatable bonds is 5. The summed E-state index contributed by atoms with van der Waals surface area (Å²) in [6, 6.07) is 0. The van der Waals surface area contributed by atoms with E-state index in [1.165, 1.54) is 0 Å². The summed E-state index contributed by atoms with van der Waals surface area (Å²) in [5, 5.41) is 9.93. The van der Waals surface area contributed by atoms with Crippen LogP contribution < -0.4 is 11.1 Å². The molecular formula is C15H28N4O. The quantitative estimate of drug-likeness (QED) is 0.775. The number of aromatic amines is 1. The van der Waals surface area contributed by atoms with Crippen LogP contribution in [-0.2, 0) is 6.42 Å². The van der Waals surface area contributed by atoms with E-state index in [0.717, 1.165) is 25.0 Å². The van der Waals surface area contributed by atoms with E-state index in [2.05, 4.69) is 43.2 Å². The van der Waals surface area contributed by atoms with Crippen LogP contribution in [0.2, 0.25) is 0 Å². The number of H-pyrrole nitrogens is 1. The highest BCUT2D eigenvalue weighted by atomic mass is 16.2. The minimum absolute atomic E-state index is 0.140. The second-order valence-corrected chi connectivity index (χ2v) is 7.29. The average molecular weight is 280 g/mol. The van der Waals surface area contributed by atoms with E-state index >= 15 is 0 Å². The van der Waals surface area contributed by atoms with Crippen LogP contribution in [0.1, 0.15) is 70.6 Å². The molecule has 0 aliphatic rings. The Balaban J connectivity index is 2.81. The van der Waals surface area contributed by atoms with Crippen molar-refractivity contribution in [2.24, 2.45) is 5.41 Å². The van der Waals surface area contributed by atoms with E-state index in [1.807, 2.05) is 13.8 Å². The van der Waals surface area contributed by atoms with Crippen LogP contribution in [0, 0.1) is 5.41 Å². The summed E-state index contributed by atoms with van der Waals surface area (Å²) in [4.78, 5) is 12.3. The van der Waals surface area contributed by atoms with Crippen LogP contribution in [0.25, 0.3) is 0 Å². The highest BCUT2D eigenvalue weighted by molar-refractivity contribution is 5.98. The molecule has 0 aliphatic carbocycles. The van der Waals surface area contributed by atoms with Crippen LogP contribution in [0.15, 0.2) is 0 Å². The number of aromatic nitrogens is 2. The maximum Gasteiger partial charge on any atom is 0.274 e. The Morgan fingerprint density at radius 1 is 1.30 bits per heavy atom. The number of nitrogens with zero attached hydrogens (tertiary/aromatic N) is 1. The van der Waals surface area contributed by atoms with Gasteiger partial charge >= 0.3 is 0 Å². The maximum atomic E-state index is 12.3. The van der Waals surface area contributed by atoms with Crippen LogP contribution in [0.4, 0.5) is 5.69 Å². The topological polar surface area (TPSA) is 83.8 Å². The van der Waals surface area contributed by atoms with Crippen molar-refractivity contribution in [3.8, 4) is 0 Å². The van der Waals surface area contributed by atoms with E-state index in [0.29, 0.717) is 11.4 Å². The zero-order chi connectivity index (χ0) is 15.6. The fourth-order valence-corrected chi connectivity index (χ4v) is 2.74. The SMILES string of the molecule is CCCc1[nH]nc(C(=O)NC(C)(C)CC(C)(C)C)c1N. The molecule has 1 aromatic heterocycles. The lowest BCUT2D eigenvalue weighted by Crippen LogP contribution is -2.46. The Morgan fingerprint density at radius 2 is 1.90 bits per heavy atom. The third-order valence-electron chi connectivity index (χ3n) is 3.02. The molecule has 5 nitrogen and oxygen atoms in total. The van der Waals surface area contributed by atoms with E-state index < -0.39 is 0 Å². The summed E-state index contributed by atoms with van der Waals surface area (Å²) >= 11 is 0. The first-order valence-electron chi connectivity index (χ1n) is 7.21. The van der Waals surface area contributed by atoms with Crippen molar-refractivity contribution >= 4 is 11.6 Å². The molecule has 5 heteroatoms. The van der Waals surface area contributed by atoms with E-state index in [-0.39, 0.29) is 16.9 Å². The van der Waals surface area contributed by atoms with Crippen LogP contribution >= 0.6 is 0 Å². The van der Waals surface area contributed by atoms with Crippen molar-refractivity contribution in [1.82, 2.24) is 15.5 Å². The van der Waals surface area contributed by atoms with Crippen molar-refractivity contribution in [2.45, 2.75) is 66.3 Å².